The summed E-state index contributed by atoms with van der Waals surface area (Å²) < 4.78 is 17.0. The first-order valence-electron chi connectivity index (χ1n) is 5.54. The van der Waals surface area contributed by atoms with Gasteiger partial charge in [0.15, 0.2) is 0 Å². The van der Waals surface area contributed by atoms with Crippen LogP contribution in [0, 0.1) is 0 Å². The molecule has 4 heteroatoms. The van der Waals surface area contributed by atoms with E-state index in [4.69, 9.17) is 14.0 Å². The van der Waals surface area contributed by atoms with Crippen LogP contribution >= 0.6 is 0 Å². The molecule has 0 bridgehead atoms. The molecule has 0 aromatic carbocycles. The third kappa shape index (κ3) is 2.12. The Morgan fingerprint density at radius 3 is 2.20 bits per heavy atom. The Morgan fingerprint density at radius 1 is 1.13 bits per heavy atom. The van der Waals surface area contributed by atoms with Crippen LogP contribution < -0.4 is 0 Å². The predicted molar refractivity (Wildman–Crippen MR) is 59.6 cm³/mol. The molecule has 2 fully saturated rings. The first-order chi connectivity index (χ1) is 6.91. The summed E-state index contributed by atoms with van der Waals surface area (Å²) in [5, 5.41) is 0. The van der Waals surface area contributed by atoms with E-state index in [0.29, 0.717) is 0 Å². The summed E-state index contributed by atoms with van der Waals surface area (Å²) in [6, 6.07) is 0. The fourth-order valence-corrected chi connectivity index (χ4v) is 1.76. The van der Waals surface area contributed by atoms with Crippen molar-refractivity contribution in [1.82, 2.24) is 0 Å². The Bertz CT molecular complexity index is 260. The van der Waals surface area contributed by atoms with Gasteiger partial charge in [0.2, 0.25) is 0 Å². The normalized spacial score (nSPS) is 31.5. The van der Waals surface area contributed by atoms with E-state index in [9.17, 15) is 0 Å². The van der Waals surface area contributed by atoms with E-state index in [0.717, 1.165) is 19.6 Å². The van der Waals surface area contributed by atoms with Crippen LogP contribution in [0.2, 0.25) is 0 Å². The zero-order valence-electron chi connectivity index (χ0n) is 10.0. The average Bonchev–Trinajstić information content (AvgIpc) is 2.59. The highest BCUT2D eigenvalue weighted by atomic mass is 16.7. The summed E-state index contributed by atoms with van der Waals surface area (Å²) in [6.07, 6.45) is 1.00. The van der Waals surface area contributed by atoms with Crippen molar-refractivity contribution < 1.29 is 14.0 Å². The monoisotopic (exact) mass is 210 g/mol. The summed E-state index contributed by atoms with van der Waals surface area (Å²) in [7, 11) is -0.216. The van der Waals surface area contributed by atoms with Crippen LogP contribution in [0.5, 0.6) is 0 Å². The van der Waals surface area contributed by atoms with Crippen LogP contribution in [-0.2, 0) is 14.0 Å². The average molecular weight is 210 g/mol. The topological polar surface area (TPSA) is 27.7 Å². The zero-order valence-corrected chi connectivity index (χ0v) is 10.0. The highest BCUT2D eigenvalue weighted by Gasteiger charge is 2.50. The zero-order chi connectivity index (χ0) is 11.1. The molecule has 0 aromatic heterocycles. The maximum absolute atomic E-state index is 5.87. The van der Waals surface area contributed by atoms with Crippen molar-refractivity contribution in [2.24, 2.45) is 0 Å². The van der Waals surface area contributed by atoms with Crippen LogP contribution in [0.4, 0.5) is 0 Å². The van der Waals surface area contributed by atoms with Gasteiger partial charge in [-0.25, -0.2) is 0 Å². The Labute approximate surface area is 91.9 Å². The third-order valence-electron chi connectivity index (χ3n) is 3.50. The lowest BCUT2D eigenvalue weighted by atomic mass is 9.87. The van der Waals surface area contributed by atoms with E-state index < -0.39 is 0 Å². The van der Waals surface area contributed by atoms with Gasteiger partial charge in [-0.15, -0.1) is 0 Å². The van der Waals surface area contributed by atoms with Crippen molar-refractivity contribution in [3.63, 3.8) is 0 Å². The van der Waals surface area contributed by atoms with Gasteiger partial charge in [-0.1, -0.05) is 5.98 Å². The van der Waals surface area contributed by atoms with Gasteiger partial charge >= 0.3 is 7.12 Å². The van der Waals surface area contributed by atoms with Crippen LogP contribution in [0.1, 0.15) is 34.1 Å². The van der Waals surface area contributed by atoms with Gasteiger partial charge in [-0.05, 0) is 39.7 Å². The molecule has 2 saturated heterocycles. The van der Waals surface area contributed by atoms with Crippen molar-refractivity contribution in [3.8, 4) is 0 Å². The molecule has 0 N–H and O–H groups in total. The van der Waals surface area contributed by atoms with E-state index >= 15 is 0 Å². The van der Waals surface area contributed by atoms with E-state index in [1.54, 1.807) is 0 Å². The van der Waals surface area contributed by atoms with E-state index in [1.807, 2.05) is 0 Å². The lowest BCUT2D eigenvalue weighted by Crippen LogP contribution is -2.41. The standard InChI is InChI=1S/C11H19BO3/c1-10(2)11(3,4)15-12(14-10)7-9-5-6-13-8-9/h7H,5-6,8H2,1-4H3/b9-7-. The highest BCUT2D eigenvalue weighted by Crippen LogP contribution is 2.37. The van der Waals surface area contributed by atoms with Gasteiger partial charge in [0, 0.05) is 0 Å². The second-order valence-electron chi connectivity index (χ2n) is 5.25. The van der Waals surface area contributed by atoms with E-state index in [-0.39, 0.29) is 18.3 Å². The molecule has 15 heavy (non-hydrogen) atoms. The molecule has 0 amide bonds. The quantitative estimate of drug-likeness (QED) is 0.619. The van der Waals surface area contributed by atoms with E-state index in [1.165, 1.54) is 5.57 Å². The lowest BCUT2D eigenvalue weighted by Gasteiger charge is -2.32. The van der Waals surface area contributed by atoms with Crippen molar-refractivity contribution in [2.45, 2.75) is 45.3 Å². The molecule has 0 aliphatic carbocycles. The van der Waals surface area contributed by atoms with Crippen LogP contribution in [-0.4, -0.2) is 31.5 Å². The number of hydrogen-bond acceptors (Lipinski definition) is 3. The maximum Gasteiger partial charge on any atom is 0.487 e. The molecule has 0 atom stereocenters. The van der Waals surface area contributed by atoms with Gasteiger partial charge in [-0.2, -0.15) is 0 Å². The van der Waals surface area contributed by atoms with Crippen LogP contribution in [0.25, 0.3) is 0 Å². The summed E-state index contributed by atoms with van der Waals surface area (Å²) in [6.45, 7) is 9.82. The fourth-order valence-electron chi connectivity index (χ4n) is 1.76. The van der Waals surface area contributed by atoms with E-state index in [2.05, 4.69) is 33.7 Å². The second kappa shape index (κ2) is 3.61. The molecular formula is C11H19BO3. The molecule has 2 aliphatic rings. The van der Waals surface area contributed by atoms with Crippen LogP contribution in [0.3, 0.4) is 0 Å². The fraction of sp³-hybridized carbons (Fsp3) is 0.818. The van der Waals surface area contributed by atoms with Gasteiger partial charge in [-0.3, -0.25) is 0 Å². The molecule has 3 nitrogen and oxygen atoms in total. The minimum Gasteiger partial charge on any atom is -0.400 e. The Kier molecular flexibility index (Phi) is 2.69. The lowest BCUT2D eigenvalue weighted by molar-refractivity contribution is 0.00578. The smallest absolute Gasteiger partial charge is 0.400 e. The van der Waals surface area contributed by atoms with Gasteiger partial charge in [0.1, 0.15) is 0 Å². The minimum atomic E-state index is -0.242. The molecule has 84 valence electrons. The second-order valence-corrected chi connectivity index (χ2v) is 5.25. The summed E-state index contributed by atoms with van der Waals surface area (Å²) >= 11 is 0. The van der Waals surface area contributed by atoms with Crippen molar-refractivity contribution in [1.29, 1.82) is 0 Å². The molecular weight excluding hydrogens is 191 g/mol. The van der Waals surface area contributed by atoms with Gasteiger partial charge in [0.05, 0.1) is 24.4 Å². The summed E-state index contributed by atoms with van der Waals surface area (Å²) in [5.74, 6) is 2.06. The predicted octanol–water partition coefficient (Wildman–Crippen LogP) is 1.96. The molecule has 2 rings (SSSR count). The number of ether oxygens (including phenoxy) is 1. The molecule has 0 radical (unpaired) electrons. The summed E-state index contributed by atoms with van der Waals surface area (Å²) in [5.41, 5.74) is 0.802. The van der Waals surface area contributed by atoms with Gasteiger partial charge < -0.3 is 14.0 Å². The molecule has 0 saturated carbocycles. The Hall–Kier alpha value is -0.315. The Morgan fingerprint density at radius 2 is 1.73 bits per heavy atom. The van der Waals surface area contributed by atoms with Gasteiger partial charge in [0.25, 0.3) is 0 Å². The SMILES string of the molecule is CC1(C)OB(/C=C2/CCOC2)OC1(C)C. The maximum atomic E-state index is 5.87. The van der Waals surface area contributed by atoms with Crippen molar-refractivity contribution in [2.75, 3.05) is 13.2 Å². The first kappa shape index (κ1) is 11.2. The molecule has 2 aliphatic heterocycles. The third-order valence-corrected chi connectivity index (χ3v) is 3.50. The molecule has 2 heterocycles. The first-order valence-corrected chi connectivity index (χ1v) is 5.54. The Balaban J connectivity index is 2.06. The molecule has 0 unspecified atom stereocenters. The van der Waals surface area contributed by atoms with Crippen LogP contribution in [0.15, 0.2) is 11.5 Å². The summed E-state index contributed by atoms with van der Waals surface area (Å²) in [4.78, 5) is 0. The molecule has 0 spiro atoms. The number of hydrogen-bond donors (Lipinski definition) is 0. The number of rotatable bonds is 1. The van der Waals surface area contributed by atoms with Crippen molar-refractivity contribution in [3.05, 3.63) is 11.5 Å². The van der Waals surface area contributed by atoms with Crippen molar-refractivity contribution >= 4 is 7.12 Å². The minimum absolute atomic E-state index is 0.216. The highest BCUT2D eigenvalue weighted by molar-refractivity contribution is 6.51. The largest absolute Gasteiger partial charge is 0.487 e. The molecule has 0 aromatic rings.